The minimum atomic E-state index is -1.04. The monoisotopic (exact) mass is 285 g/mol. The van der Waals surface area contributed by atoms with E-state index in [4.69, 9.17) is 5.73 Å². The number of nitrogens with one attached hydrogen (secondary N) is 1. The number of rotatable bonds is 8. The van der Waals surface area contributed by atoms with Gasteiger partial charge in [-0.3, -0.25) is 4.79 Å². The summed E-state index contributed by atoms with van der Waals surface area (Å²) in [6.45, 7) is 6.99. The largest absolute Gasteiger partial charge is 0.368 e. The first kappa shape index (κ1) is 16.5. The molecule has 4 nitrogen and oxygen atoms in total. The van der Waals surface area contributed by atoms with Crippen molar-refractivity contribution in [3.05, 3.63) is 35.4 Å². The quantitative estimate of drug-likeness (QED) is 0.759. The molecule has 1 rings (SSSR count). The van der Waals surface area contributed by atoms with E-state index in [9.17, 15) is 13.6 Å². The molecule has 6 heteroatoms. The van der Waals surface area contributed by atoms with E-state index in [1.165, 1.54) is 12.1 Å². The third-order valence-corrected chi connectivity index (χ3v) is 3.25. The number of hydrogen-bond acceptors (Lipinski definition) is 3. The van der Waals surface area contributed by atoms with E-state index in [1.54, 1.807) is 0 Å². The molecule has 0 saturated heterocycles. The zero-order chi connectivity index (χ0) is 15.1. The molecule has 0 aromatic heterocycles. The Hall–Kier alpha value is -1.53. The molecule has 1 amide bonds. The lowest BCUT2D eigenvalue weighted by Gasteiger charge is -2.21. The molecule has 112 valence electrons. The number of benzene rings is 1. The van der Waals surface area contributed by atoms with Crippen LogP contribution in [0.25, 0.3) is 0 Å². The number of primary amides is 1. The number of carbonyl (C=O) groups is 1. The lowest BCUT2D eigenvalue weighted by molar-refractivity contribution is -0.120. The fourth-order valence-electron chi connectivity index (χ4n) is 2.01. The van der Waals surface area contributed by atoms with Crippen molar-refractivity contribution in [3.63, 3.8) is 0 Å². The molecule has 0 spiro atoms. The second kappa shape index (κ2) is 7.91. The molecule has 0 fully saturated rings. The summed E-state index contributed by atoms with van der Waals surface area (Å²) < 4.78 is 26.9. The van der Waals surface area contributed by atoms with E-state index in [2.05, 4.69) is 10.2 Å². The molecule has 0 aliphatic rings. The minimum absolute atomic E-state index is 0.0583. The van der Waals surface area contributed by atoms with Gasteiger partial charge >= 0.3 is 0 Å². The van der Waals surface area contributed by atoms with Crippen LogP contribution in [0.15, 0.2) is 18.2 Å². The van der Waals surface area contributed by atoms with Gasteiger partial charge in [-0.1, -0.05) is 26.0 Å². The lowest BCUT2D eigenvalue weighted by Crippen LogP contribution is -2.39. The summed E-state index contributed by atoms with van der Waals surface area (Å²) in [5.74, 6) is -2.75. The van der Waals surface area contributed by atoms with Crippen molar-refractivity contribution in [2.75, 3.05) is 26.2 Å². The van der Waals surface area contributed by atoms with Gasteiger partial charge in [-0.05, 0) is 19.2 Å². The predicted octanol–water partition coefficient (Wildman–Crippen LogP) is 1.42. The van der Waals surface area contributed by atoms with Gasteiger partial charge in [0.15, 0.2) is 11.6 Å². The number of likely N-dealkylation sites (N-methyl/N-ethyl adjacent to an activating group) is 1. The topological polar surface area (TPSA) is 58.4 Å². The van der Waals surface area contributed by atoms with Crippen molar-refractivity contribution in [1.29, 1.82) is 0 Å². The Labute approximate surface area is 117 Å². The van der Waals surface area contributed by atoms with Crippen molar-refractivity contribution in [2.45, 2.75) is 19.9 Å². The summed E-state index contributed by atoms with van der Waals surface area (Å²) in [7, 11) is 0. The molecule has 20 heavy (non-hydrogen) atoms. The highest BCUT2D eigenvalue weighted by molar-refractivity contribution is 5.81. The molecular formula is C14H21F2N3O. The molecule has 1 aromatic rings. The molecular weight excluding hydrogens is 264 g/mol. The Bertz CT molecular complexity index is 450. The maximum Gasteiger partial charge on any atom is 0.239 e. The lowest BCUT2D eigenvalue weighted by atomic mass is 10.1. The maximum absolute atomic E-state index is 13.7. The van der Waals surface area contributed by atoms with Gasteiger partial charge in [0.2, 0.25) is 5.91 Å². The number of nitrogens with two attached hydrogens (primary N) is 1. The van der Waals surface area contributed by atoms with Crippen molar-refractivity contribution >= 4 is 5.91 Å². The van der Waals surface area contributed by atoms with E-state index in [1.807, 2.05) is 13.8 Å². The van der Waals surface area contributed by atoms with Crippen LogP contribution in [0.4, 0.5) is 8.78 Å². The number of nitrogens with zero attached hydrogens (tertiary/aromatic N) is 1. The van der Waals surface area contributed by atoms with Gasteiger partial charge in [-0.2, -0.15) is 0 Å². The average molecular weight is 285 g/mol. The van der Waals surface area contributed by atoms with Crippen molar-refractivity contribution < 1.29 is 13.6 Å². The zero-order valence-corrected chi connectivity index (χ0v) is 11.8. The highest BCUT2D eigenvalue weighted by Gasteiger charge is 2.22. The van der Waals surface area contributed by atoms with Gasteiger partial charge in [-0.15, -0.1) is 0 Å². The normalized spacial score (nSPS) is 12.7. The second-order valence-electron chi connectivity index (χ2n) is 4.46. The first-order valence-corrected chi connectivity index (χ1v) is 6.70. The van der Waals surface area contributed by atoms with Crippen LogP contribution in [0.1, 0.15) is 25.5 Å². The van der Waals surface area contributed by atoms with Gasteiger partial charge < -0.3 is 16.0 Å². The molecule has 1 unspecified atom stereocenters. The molecule has 0 aliphatic heterocycles. The van der Waals surface area contributed by atoms with Crippen LogP contribution >= 0.6 is 0 Å². The predicted molar refractivity (Wildman–Crippen MR) is 74.1 cm³/mol. The van der Waals surface area contributed by atoms with Gasteiger partial charge in [0.1, 0.15) is 6.04 Å². The minimum Gasteiger partial charge on any atom is -0.368 e. The first-order valence-electron chi connectivity index (χ1n) is 6.70. The summed E-state index contributed by atoms with van der Waals surface area (Å²) in [6.07, 6.45) is 0. The highest BCUT2D eigenvalue weighted by Crippen LogP contribution is 2.19. The van der Waals surface area contributed by atoms with E-state index in [0.29, 0.717) is 13.1 Å². The SMILES string of the molecule is CCN(CC)CCNC(C(N)=O)c1cccc(F)c1F. The maximum atomic E-state index is 13.7. The van der Waals surface area contributed by atoms with E-state index < -0.39 is 23.6 Å². The van der Waals surface area contributed by atoms with Gasteiger partial charge in [0.25, 0.3) is 0 Å². The highest BCUT2D eigenvalue weighted by atomic mass is 19.2. The van der Waals surface area contributed by atoms with E-state index in [0.717, 1.165) is 19.2 Å². The molecule has 0 radical (unpaired) electrons. The molecule has 0 heterocycles. The van der Waals surface area contributed by atoms with Crippen LogP contribution < -0.4 is 11.1 Å². The number of hydrogen-bond donors (Lipinski definition) is 2. The first-order chi connectivity index (χ1) is 9.51. The van der Waals surface area contributed by atoms with Crippen LogP contribution in [0.3, 0.4) is 0 Å². The number of amides is 1. The van der Waals surface area contributed by atoms with Gasteiger partial charge in [0, 0.05) is 18.7 Å². The van der Waals surface area contributed by atoms with E-state index >= 15 is 0 Å². The summed E-state index contributed by atoms with van der Waals surface area (Å²) in [5.41, 5.74) is 5.21. The fourth-order valence-corrected chi connectivity index (χ4v) is 2.01. The van der Waals surface area contributed by atoms with Gasteiger partial charge in [-0.25, -0.2) is 8.78 Å². The molecule has 1 aromatic carbocycles. The number of halogens is 2. The van der Waals surface area contributed by atoms with Crippen LogP contribution in [0.2, 0.25) is 0 Å². The molecule has 0 bridgehead atoms. The standard InChI is InChI=1S/C14H21F2N3O/c1-3-19(4-2)9-8-18-13(14(17)20)10-6-5-7-11(15)12(10)16/h5-7,13,18H,3-4,8-9H2,1-2H3,(H2,17,20). The van der Waals surface area contributed by atoms with Crippen LogP contribution in [-0.2, 0) is 4.79 Å². The van der Waals surface area contributed by atoms with Gasteiger partial charge in [0.05, 0.1) is 0 Å². The third kappa shape index (κ3) is 4.25. The summed E-state index contributed by atoms with van der Waals surface area (Å²) in [4.78, 5) is 13.6. The zero-order valence-electron chi connectivity index (χ0n) is 11.8. The van der Waals surface area contributed by atoms with Crippen LogP contribution in [-0.4, -0.2) is 37.0 Å². The molecule has 0 saturated carbocycles. The van der Waals surface area contributed by atoms with Crippen LogP contribution in [0.5, 0.6) is 0 Å². The summed E-state index contributed by atoms with van der Waals surface area (Å²) in [6, 6.07) is 2.70. The van der Waals surface area contributed by atoms with Crippen molar-refractivity contribution in [1.82, 2.24) is 10.2 Å². The second-order valence-corrected chi connectivity index (χ2v) is 4.46. The molecule has 3 N–H and O–H groups in total. The van der Waals surface area contributed by atoms with Crippen LogP contribution in [0, 0.1) is 11.6 Å². The average Bonchev–Trinajstić information content (AvgIpc) is 2.42. The Kier molecular flexibility index (Phi) is 6.54. The van der Waals surface area contributed by atoms with Crippen molar-refractivity contribution in [3.8, 4) is 0 Å². The third-order valence-electron chi connectivity index (χ3n) is 3.25. The van der Waals surface area contributed by atoms with Crippen molar-refractivity contribution in [2.24, 2.45) is 5.73 Å². The Morgan fingerprint density at radius 1 is 1.35 bits per heavy atom. The summed E-state index contributed by atoms with van der Waals surface area (Å²) >= 11 is 0. The Morgan fingerprint density at radius 3 is 2.55 bits per heavy atom. The fraction of sp³-hybridized carbons (Fsp3) is 0.500. The Balaban J connectivity index is 2.75. The molecule has 0 aliphatic carbocycles. The smallest absolute Gasteiger partial charge is 0.239 e. The Morgan fingerprint density at radius 2 is 2.00 bits per heavy atom. The number of carbonyl (C=O) groups excluding carboxylic acids is 1. The summed E-state index contributed by atoms with van der Waals surface area (Å²) in [5, 5.41) is 2.88. The van der Waals surface area contributed by atoms with E-state index in [-0.39, 0.29) is 5.56 Å². The molecule has 1 atom stereocenters.